The fraction of sp³-hybridized carbons (Fsp3) is 0.0435. The van der Waals surface area contributed by atoms with Crippen LogP contribution in [0, 0.1) is 0 Å². The van der Waals surface area contributed by atoms with Crippen molar-refractivity contribution < 1.29 is 0 Å². The van der Waals surface area contributed by atoms with Gasteiger partial charge in [0.2, 0.25) is 0 Å². The third kappa shape index (κ3) is 4.51. The number of benzene rings is 7. The summed E-state index contributed by atoms with van der Waals surface area (Å²) in [6.45, 7) is 0. The number of rotatable bonds is 4. The molecule has 0 bridgehead atoms. The third-order valence-corrected chi connectivity index (χ3v) is 10.1. The molecule has 0 radical (unpaired) electrons. The molecule has 0 amide bonds. The molecule has 0 fully saturated rings. The van der Waals surface area contributed by atoms with Gasteiger partial charge in [0.05, 0.1) is 22.4 Å². The molecule has 0 saturated carbocycles. The van der Waals surface area contributed by atoms with Crippen LogP contribution in [-0.2, 0) is 0 Å². The average Bonchev–Trinajstić information content (AvgIpc) is 3.53. The largest absolute Gasteiger partial charge is 0.309 e. The predicted octanol–water partition coefficient (Wildman–Crippen LogP) is 9.99. The fourth-order valence-corrected chi connectivity index (χ4v) is 7.81. The predicted molar refractivity (Wildman–Crippen MR) is 204 cm³/mol. The van der Waals surface area contributed by atoms with E-state index < -0.39 is 0 Å². The normalized spacial score (nSPS) is 12.9. The lowest BCUT2D eigenvalue weighted by Crippen LogP contribution is -2.30. The molecule has 1 aliphatic carbocycles. The highest BCUT2D eigenvalue weighted by molar-refractivity contribution is 6.28. The van der Waals surface area contributed by atoms with Gasteiger partial charge in [-0.3, -0.25) is 0 Å². The Kier molecular flexibility index (Phi) is 6.31. The average molecular weight is 626 g/mol. The Bertz CT molecular complexity index is 2790. The lowest BCUT2D eigenvalue weighted by Gasteiger charge is -2.15. The van der Waals surface area contributed by atoms with Crippen molar-refractivity contribution in [2.45, 2.75) is 12.8 Å². The Labute approximate surface area is 283 Å². The van der Waals surface area contributed by atoms with E-state index in [2.05, 4.69) is 168 Å². The molecule has 2 heterocycles. The molecule has 1 aliphatic rings. The molecule has 0 saturated heterocycles. The first-order chi connectivity index (χ1) is 24.3. The maximum Gasteiger partial charge on any atom is 0.157 e. The number of hydrogen-bond donors (Lipinski definition) is 0. The zero-order valence-electron chi connectivity index (χ0n) is 26.8. The summed E-state index contributed by atoms with van der Waals surface area (Å²) in [5.74, 6) is 0.803. The van der Waals surface area contributed by atoms with Crippen LogP contribution in [0.5, 0.6) is 0 Å². The van der Waals surface area contributed by atoms with Crippen LogP contribution in [0.3, 0.4) is 0 Å². The van der Waals surface area contributed by atoms with Gasteiger partial charge in [-0.15, -0.1) is 0 Å². The second-order valence-electron chi connectivity index (χ2n) is 12.9. The molecular weight excluding hydrogens is 595 g/mol. The number of fused-ring (bicyclic) bond motifs is 8. The standard InChI is InChI=1S/C46H31N3/c1-2-15-33(16-3-1)40-29-41(48-46(47-40)39-23-11-17-30-12-4-7-20-36(30)39)34-18-10-19-35(28-34)49-42-26-24-31-13-5-8-21-37(31)44(42)45-38-22-9-6-14-32(38)25-27-43(45)49/h1-10,12-22,24-29H,11,23H2. The second-order valence-corrected chi connectivity index (χ2v) is 12.9. The summed E-state index contributed by atoms with van der Waals surface area (Å²) in [5.41, 5.74) is 8.70. The Balaban J connectivity index is 1.23. The molecular formula is C46H31N3. The van der Waals surface area contributed by atoms with E-state index >= 15 is 0 Å². The van der Waals surface area contributed by atoms with Gasteiger partial charge in [0.1, 0.15) is 0 Å². The van der Waals surface area contributed by atoms with Gasteiger partial charge >= 0.3 is 0 Å². The highest BCUT2D eigenvalue weighted by atomic mass is 15.0. The summed E-state index contributed by atoms with van der Waals surface area (Å²) in [5, 5.41) is 10.1. The monoisotopic (exact) mass is 625 g/mol. The van der Waals surface area contributed by atoms with Crippen molar-refractivity contribution in [3.05, 3.63) is 174 Å². The minimum Gasteiger partial charge on any atom is -0.309 e. The van der Waals surface area contributed by atoms with Crippen LogP contribution in [0.25, 0.3) is 83.2 Å². The summed E-state index contributed by atoms with van der Waals surface area (Å²) in [6.07, 6.45) is 4.22. The molecule has 0 spiro atoms. The van der Waals surface area contributed by atoms with Gasteiger partial charge < -0.3 is 4.57 Å². The second kappa shape index (κ2) is 11.1. The van der Waals surface area contributed by atoms with Crippen molar-refractivity contribution in [2.75, 3.05) is 0 Å². The SMILES string of the molecule is C1=c2ccccc2=C(c2nc(-c3ccccc3)cc(-c3cccc(-n4c5ccc6ccccc6c5c5c6ccccc6ccc54)c3)n2)CC1. The highest BCUT2D eigenvalue weighted by Crippen LogP contribution is 2.41. The molecule has 0 aliphatic heterocycles. The molecule has 7 aromatic carbocycles. The van der Waals surface area contributed by atoms with Gasteiger partial charge in [0, 0.05) is 33.2 Å². The maximum atomic E-state index is 5.31. The summed E-state index contributed by atoms with van der Waals surface area (Å²) in [7, 11) is 0. The van der Waals surface area contributed by atoms with E-state index in [0.29, 0.717) is 0 Å². The van der Waals surface area contributed by atoms with E-state index in [1.54, 1.807) is 0 Å². The fourth-order valence-electron chi connectivity index (χ4n) is 7.81. The van der Waals surface area contributed by atoms with Gasteiger partial charge in [-0.2, -0.15) is 0 Å². The van der Waals surface area contributed by atoms with E-state index in [-0.39, 0.29) is 0 Å². The van der Waals surface area contributed by atoms with Gasteiger partial charge in [-0.25, -0.2) is 9.97 Å². The summed E-state index contributed by atoms with van der Waals surface area (Å²) in [6, 6.07) is 56.6. The van der Waals surface area contributed by atoms with Gasteiger partial charge in [-0.1, -0.05) is 133 Å². The van der Waals surface area contributed by atoms with Crippen molar-refractivity contribution in [3.8, 4) is 28.2 Å². The lowest BCUT2D eigenvalue weighted by molar-refractivity contribution is 1.02. The number of aromatic nitrogens is 3. The molecule has 230 valence electrons. The topological polar surface area (TPSA) is 30.7 Å². The van der Waals surface area contributed by atoms with Crippen LogP contribution >= 0.6 is 0 Å². The Morgan fingerprint density at radius 3 is 1.84 bits per heavy atom. The van der Waals surface area contributed by atoms with Crippen molar-refractivity contribution in [1.82, 2.24) is 14.5 Å². The third-order valence-electron chi connectivity index (χ3n) is 10.1. The molecule has 2 aromatic heterocycles. The zero-order chi connectivity index (χ0) is 32.3. The van der Waals surface area contributed by atoms with Crippen LogP contribution in [0.2, 0.25) is 0 Å². The summed E-state index contributed by atoms with van der Waals surface area (Å²) in [4.78, 5) is 10.5. The van der Waals surface area contributed by atoms with Crippen LogP contribution in [-0.4, -0.2) is 14.5 Å². The minimum absolute atomic E-state index is 0.803. The maximum absolute atomic E-state index is 5.31. The van der Waals surface area contributed by atoms with Crippen LogP contribution in [0.15, 0.2) is 158 Å². The quantitative estimate of drug-likeness (QED) is 0.195. The number of nitrogens with zero attached hydrogens (tertiary/aromatic N) is 3. The Morgan fingerprint density at radius 2 is 1.10 bits per heavy atom. The smallest absolute Gasteiger partial charge is 0.157 e. The minimum atomic E-state index is 0.803. The first kappa shape index (κ1) is 27.8. The van der Waals surface area contributed by atoms with Crippen molar-refractivity contribution in [2.24, 2.45) is 0 Å². The first-order valence-corrected chi connectivity index (χ1v) is 17.0. The van der Waals surface area contributed by atoms with E-state index in [0.717, 1.165) is 46.9 Å². The number of hydrogen-bond acceptors (Lipinski definition) is 2. The van der Waals surface area contributed by atoms with Crippen LogP contribution < -0.4 is 10.4 Å². The van der Waals surface area contributed by atoms with Crippen molar-refractivity contribution in [1.29, 1.82) is 0 Å². The zero-order valence-corrected chi connectivity index (χ0v) is 26.8. The molecule has 3 heteroatoms. The molecule has 0 N–H and O–H groups in total. The van der Waals surface area contributed by atoms with E-state index in [9.17, 15) is 0 Å². The Morgan fingerprint density at radius 1 is 0.490 bits per heavy atom. The van der Waals surface area contributed by atoms with Gasteiger partial charge in [-0.05, 0) is 75.2 Å². The van der Waals surface area contributed by atoms with Gasteiger partial charge in [0.25, 0.3) is 0 Å². The molecule has 0 unspecified atom stereocenters. The molecule has 0 atom stereocenters. The van der Waals surface area contributed by atoms with Crippen molar-refractivity contribution >= 4 is 55.0 Å². The van der Waals surface area contributed by atoms with Crippen molar-refractivity contribution in [3.63, 3.8) is 0 Å². The van der Waals surface area contributed by atoms with Crippen LogP contribution in [0.1, 0.15) is 18.7 Å². The molecule has 3 nitrogen and oxygen atoms in total. The Hall–Kier alpha value is -6.32. The van der Waals surface area contributed by atoms with E-state index in [1.807, 2.05) is 0 Å². The molecule has 49 heavy (non-hydrogen) atoms. The molecule has 10 rings (SSSR count). The first-order valence-electron chi connectivity index (χ1n) is 17.0. The van der Waals surface area contributed by atoms with E-state index in [4.69, 9.17) is 9.97 Å². The summed E-state index contributed by atoms with van der Waals surface area (Å²) < 4.78 is 2.43. The summed E-state index contributed by atoms with van der Waals surface area (Å²) >= 11 is 0. The van der Waals surface area contributed by atoms with Gasteiger partial charge in [0.15, 0.2) is 5.82 Å². The lowest BCUT2D eigenvalue weighted by atomic mass is 9.98. The van der Waals surface area contributed by atoms with E-state index in [1.165, 1.54) is 59.4 Å². The van der Waals surface area contributed by atoms with Crippen LogP contribution in [0.4, 0.5) is 0 Å². The molecule has 9 aromatic rings. The highest BCUT2D eigenvalue weighted by Gasteiger charge is 2.19.